The number of aliphatic hydroxyl groups excluding tert-OH is 2. The molecule has 0 bridgehead atoms. The number of aliphatic hydroxyl groups is 2. The first kappa shape index (κ1) is 51.1. The molecule has 0 aliphatic carbocycles. The Bertz CT molecular complexity index is 884. The summed E-state index contributed by atoms with van der Waals surface area (Å²) in [5, 5.41) is 23.5. The highest BCUT2D eigenvalue weighted by Crippen LogP contribution is 2.16. The molecule has 53 heavy (non-hydrogen) atoms. The molecule has 0 rings (SSSR count). The van der Waals surface area contributed by atoms with Crippen molar-refractivity contribution in [2.24, 2.45) is 0 Å². The van der Waals surface area contributed by atoms with E-state index < -0.39 is 18.2 Å². The van der Waals surface area contributed by atoms with Crippen LogP contribution in [0.25, 0.3) is 0 Å². The van der Waals surface area contributed by atoms with E-state index in [2.05, 4.69) is 56.5 Å². The molecule has 0 aromatic carbocycles. The van der Waals surface area contributed by atoms with E-state index in [0.717, 1.165) is 51.4 Å². The number of hydrogen-bond acceptors (Lipinski definition) is 5. The third-order valence-corrected chi connectivity index (χ3v) is 10.2. The number of esters is 1. The van der Waals surface area contributed by atoms with E-state index in [1.165, 1.54) is 122 Å². The second kappa shape index (κ2) is 41.2. The first-order valence-corrected chi connectivity index (χ1v) is 22.7. The summed E-state index contributed by atoms with van der Waals surface area (Å²) in [5.74, 6) is -0.584. The first-order chi connectivity index (χ1) is 26.0. The van der Waals surface area contributed by atoms with Gasteiger partial charge in [0.25, 0.3) is 0 Å². The highest BCUT2D eigenvalue weighted by Gasteiger charge is 2.23. The number of allylic oxidation sites excluding steroid dienone is 6. The molecule has 3 unspecified atom stereocenters. The molecule has 0 saturated carbocycles. The molecule has 0 spiro atoms. The molecule has 0 heterocycles. The number of ether oxygens (including phenoxy) is 1. The molecule has 0 saturated heterocycles. The van der Waals surface area contributed by atoms with Gasteiger partial charge < -0.3 is 20.3 Å². The first-order valence-electron chi connectivity index (χ1n) is 22.7. The molecule has 3 atom stereocenters. The van der Waals surface area contributed by atoms with Crippen LogP contribution in [-0.2, 0) is 14.3 Å². The highest BCUT2D eigenvalue weighted by molar-refractivity contribution is 5.77. The zero-order valence-corrected chi connectivity index (χ0v) is 35.1. The number of unbranched alkanes of at least 4 members (excludes halogenated alkanes) is 22. The molecule has 6 nitrogen and oxygen atoms in total. The zero-order chi connectivity index (χ0) is 38.9. The van der Waals surface area contributed by atoms with Crippen molar-refractivity contribution in [1.82, 2.24) is 5.32 Å². The smallest absolute Gasteiger partial charge is 0.306 e. The Balaban J connectivity index is 4.71. The predicted molar refractivity (Wildman–Crippen MR) is 227 cm³/mol. The molecule has 0 aliphatic rings. The van der Waals surface area contributed by atoms with E-state index in [4.69, 9.17) is 4.74 Å². The topological polar surface area (TPSA) is 95.9 Å². The lowest BCUT2D eigenvalue weighted by molar-refractivity contribution is -0.150. The number of carbonyl (C=O) groups excluding carboxylic acids is 2. The number of hydrogen-bond donors (Lipinski definition) is 3. The summed E-state index contributed by atoms with van der Waals surface area (Å²) < 4.78 is 5.84. The number of amides is 1. The van der Waals surface area contributed by atoms with Crippen LogP contribution in [0, 0.1) is 0 Å². The van der Waals surface area contributed by atoms with E-state index in [-0.39, 0.29) is 31.3 Å². The van der Waals surface area contributed by atoms with Crippen molar-refractivity contribution >= 4 is 11.9 Å². The van der Waals surface area contributed by atoms with E-state index in [1.54, 1.807) is 0 Å². The van der Waals surface area contributed by atoms with Gasteiger partial charge in [-0.15, -0.1) is 0 Å². The van der Waals surface area contributed by atoms with Crippen LogP contribution in [0.1, 0.15) is 226 Å². The fourth-order valence-corrected chi connectivity index (χ4v) is 6.72. The Morgan fingerprint density at radius 1 is 0.547 bits per heavy atom. The quantitative estimate of drug-likeness (QED) is 0.0330. The Morgan fingerprint density at radius 2 is 0.981 bits per heavy atom. The molecule has 0 radical (unpaired) electrons. The van der Waals surface area contributed by atoms with Crippen molar-refractivity contribution < 1.29 is 24.5 Å². The van der Waals surface area contributed by atoms with E-state index in [9.17, 15) is 19.8 Å². The van der Waals surface area contributed by atoms with Crippen LogP contribution in [0.3, 0.4) is 0 Å². The molecule has 0 aromatic heterocycles. The minimum absolute atomic E-state index is 0.0357. The summed E-state index contributed by atoms with van der Waals surface area (Å²) in [6, 6.07) is -0.715. The van der Waals surface area contributed by atoms with Crippen molar-refractivity contribution in [2.45, 2.75) is 244 Å². The zero-order valence-electron chi connectivity index (χ0n) is 35.1. The van der Waals surface area contributed by atoms with Crippen molar-refractivity contribution in [3.8, 4) is 0 Å². The largest absolute Gasteiger partial charge is 0.462 e. The van der Waals surface area contributed by atoms with Gasteiger partial charge in [0.05, 0.1) is 25.2 Å². The number of nitrogens with one attached hydrogen (secondary N) is 1. The van der Waals surface area contributed by atoms with Crippen LogP contribution < -0.4 is 5.32 Å². The molecule has 0 aliphatic heterocycles. The van der Waals surface area contributed by atoms with Crippen molar-refractivity contribution in [3.63, 3.8) is 0 Å². The lowest BCUT2D eigenvalue weighted by atomic mass is 10.0. The summed E-state index contributed by atoms with van der Waals surface area (Å²) in [6.07, 6.45) is 46.5. The Hall–Kier alpha value is -1.92. The third kappa shape index (κ3) is 36.8. The van der Waals surface area contributed by atoms with Crippen LogP contribution in [-0.4, -0.2) is 46.9 Å². The average Bonchev–Trinajstić information content (AvgIpc) is 3.15. The van der Waals surface area contributed by atoms with Crippen LogP contribution in [0.4, 0.5) is 0 Å². The predicted octanol–water partition coefficient (Wildman–Crippen LogP) is 12.9. The summed E-state index contributed by atoms with van der Waals surface area (Å²) in [7, 11) is 0. The van der Waals surface area contributed by atoms with Crippen LogP contribution in [0.5, 0.6) is 0 Å². The summed E-state index contributed by atoms with van der Waals surface area (Å²) in [4.78, 5) is 25.9. The molecular weight excluding hydrogens is 659 g/mol. The Labute approximate surface area is 328 Å². The van der Waals surface area contributed by atoms with Gasteiger partial charge in [-0.25, -0.2) is 0 Å². The van der Waals surface area contributed by atoms with Crippen LogP contribution in [0.2, 0.25) is 0 Å². The van der Waals surface area contributed by atoms with Gasteiger partial charge >= 0.3 is 5.97 Å². The Kier molecular flexibility index (Phi) is 39.8. The molecule has 310 valence electrons. The minimum atomic E-state index is -0.798. The lowest BCUT2D eigenvalue weighted by Crippen LogP contribution is -2.46. The van der Waals surface area contributed by atoms with Gasteiger partial charge in [0, 0.05) is 6.42 Å². The van der Waals surface area contributed by atoms with Gasteiger partial charge in [-0.3, -0.25) is 9.59 Å². The monoisotopic (exact) mass is 746 g/mol. The third-order valence-electron chi connectivity index (χ3n) is 10.2. The molecular formula is C47H87NO5. The van der Waals surface area contributed by atoms with Crippen molar-refractivity contribution in [1.29, 1.82) is 0 Å². The molecule has 1 amide bonds. The second-order valence-electron chi connectivity index (χ2n) is 15.4. The second-order valence-corrected chi connectivity index (χ2v) is 15.4. The van der Waals surface area contributed by atoms with Gasteiger partial charge in [-0.1, -0.05) is 186 Å². The van der Waals surface area contributed by atoms with E-state index in [0.29, 0.717) is 19.3 Å². The maximum atomic E-state index is 13.1. The lowest BCUT2D eigenvalue weighted by Gasteiger charge is -2.24. The van der Waals surface area contributed by atoms with Gasteiger partial charge in [-0.2, -0.15) is 0 Å². The SMILES string of the molecule is CCCCCCCC/C=C\C/C=C/CCC(=O)OC(CCC/C=C\CCCCCCCCC)CC(=O)NC(CO)C(O)CCCCCCCCCCC. The van der Waals surface area contributed by atoms with Crippen LogP contribution >= 0.6 is 0 Å². The van der Waals surface area contributed by atoms with Gasteiger partial charge in [-0.05, 0) is 64.2 Å². The summed E-state index contributed by atoms with van der Waals surface area (Å²) in [6.45, 7) is 6.41. The molecule has 0 fully saturated rings. The highest BCUT2D eigenvalue weighted by atomic mass is 16.5. The van der Waals surface area contributed by atoms with Gasteiger partial charge in [0.2, 0.25) is 5.91 Å². The summed E-state index contributed by atoms with van der Waals surface area (Å²) >= 11 is 0. The number of rotatable bonds is 40. The fourth-order valence-electron chi connectivity index (χ4n) is 6.72. The molecule has 6 heteroatoms. The maximum absolute atomic E-state index is 13.1. The Morgan fingerprint density at radius 3 is 1.49 bits per heavy atom. The fraction of sp³-hybridized carbons (Fsp3) is 0.830. The molecule has 0 aromatic rings. The van der Waals surface area contributed by atoms with Gasteiger partial charge in [0.1, 0.15) is 6.10 Å². The average molecular weight is 746 g/mol. The van der Waals surface area contributed by atoms with Crippen LogP contribution in [0.15, 0.2) is 36.5 Å². The van der Waals surface area contributed by atoms with E-state index in [1.807, 2.05) is 6.08 Å². The normalized spacial score (nSPS) is 13.7. The number of carbonyl (C=O) groups is 2. The summed E-state index contributed by atoms with van der Waals surface area (Å²) in [5.41, 5.74) is 0. The maximum Gasteiger partial charge on any atom is 0.306 e. The van der Waals surface area contributed by atoms with E-state index >= 15 is 0 Å². The minimum Gasteiger partial charge on any atom is -0.462 e. The standard InChI is InChI=1S/C47H87NO5/c1-4-7-10-13-16-19-21-23-25-28-31-34-37-40-47(52)53-43(38-35-32-29-27-24-22-20-17-14-11-8-5-2)41-46(51)48-44(42-49)45(50)39-36-33-30-26-18-15-12-9-6-3/h23,25,27,29,31,34,43-45,49-50H,4-22,24,26,28,30,32-33,35-42H2,1-3H3,(H,48,51)/b25-23-,29-27-,34-31+. The molecule has 3 N–H and O–H groups in total. The van der Waals surface area contributed by atoms with Crippen molar-refractivity contribution in [2.75, 3.05) is 6.61 Å². The van der Waals surface area contributed by atoms with Crippen molar-refractivity contribution in [3.05, 3.63) is 36.5 Å². The van der Waals surface area contributed by atoms with Gasteiger partial charge in [0.15, 0.2) is 0 Å².